The molecule has 0 heterocycles. The maximum absolute atomic E-state index is 13.6. The predicted octanol–water partition coefficient (Wildman–Crippen LogP) is 5.26. The van der Waals surface area contributed by atoms with Gasteiger partial charge in [0.2, 0.25) is 0 Å². The van der Waals surface area contributed by atoms with Crippen LogP contribution in [-0.2, 0) is 0 Å². The van der Waals surface area contributed by atoms with Crippen molar-refractivity contribution in [1.29, 1.82) is 0 Å². The normalized spacial score (nSPS) is 12.2. The lowest BCUT2D eigenvalue weighted by molar-refractivity contribution is 0.627. The number of benzene rings is 2. The highest BCUT2D eigenvalue weighted by Gasteiger charge is 2.08. The van der Waals surface area contributed by atoms with Gasteiger partial charge in [-0.1, -0.05) is 23.7 Å². The molecule has 0 fully saturated rings. The summed E-state index contributed by atoms with van der Waals surface area (Å²) >= 11 is 7.98. The number of anilines is 1. The van der Waals surface area contributed by atoms with Crippen LogP contribution in [0, 0.1) is 9.39 Å². The third-order valence-electron chi connectivity index (χ3n) is 2.67. The molecule has 1 unspecified atom stereocenters. The van der Waals surface area contributed by atoms with E-state index < -0.39 is 0 Å². The number of rotatable bonds is 3. The molecule has 2 aromatic rings. The summed E-state index contributed by atoms with van der Waals surface area (Å²) in [7, 11) is 0. The molecule has 2 rings (SSSR count). The molecule has 0 aliphatic carbocycles. The van der Waals surface area contributed by atoms with Gasteiger partial charge in [-0.15, -0.1) is 0 Å². The van der Waals surface area contributed by atoms with Gasteiger partial charge >= 0.3 is 0 Å². The molecule has 0 saturated carbocycles. The van der Waals surface area contributed by atoms with Crippen LogP contribution in [0.25, 0.3) is 0 Å². The van der Waals surface area contributed by atoms with E-state index in [2.05, 4.69) is 27.9 Å². The largest absolute Gasteiger partial charge is 0.376 e. The lowest BCUT2D eigenvalue weighted by atomic mass is 10.1. The molecule has 0 aromatic heterocycles. The third kappa shape index (κ3) is 3.36. The Morgan fingerprint density at radius 1 is 1.17 bits per heavy atom. The van der Waals surface area contributed by atoms with Gasteiger partial charge in [0, 0.05) is 14.6 Å². The molecule has 4 heteroatoms. The molecule has 0 bridgehead atoms. The van der Waals surface area contributed by atoms with Gasteiger partial charge in [0.25, 0.3) is 0 Å². The van der Waals surface area contributed by atoms with Crippen LogP contribution in [0.4, 0.5) is 10.1 Å². The van der Waals surface area contributed by atoms with Crippen LogP contribution in [0.1, 0.15) is 18.5 Å². The van der Waals surface area contributed by atoms with Crippen molar-refractivity contribution in [3.05, 3.63) is 62.4 Å². The second-order valence-electron chi connectivity index (χ2n) is 4.04. The number of hydrogen-bond acceptors (Lipinski definition) is 1. The zero-order chi connectivity index (χ0) is 13.1. The lowest BCUT2D eigenvalue weighted by Gasteiger charge is -2.16. The van der Waals surface area contributed by atoms with Crippen molar-refractivity contribution in [2.24, 2.45) is 0 Å². The molecular weight excluding hydrogens is 364 g/mol. The molecule has 0 aliphatic rings. The Balaban J connectivity index is 2.15. The minimum absolute atomic E-state index is 0.0395. The number of hydrogen-bond donors (Lipinski definition) is 1. The fourth-order valence-corrected chi connectivity index (χ4v) is 2.19. The molecule has 94 valence electrons. The maximum Gasteiger partial charge on any atom is 0.147 e. The van der Waals surface area contributed by atoms with E-state index in [1.165, 1.54) is 9.64 Å². The van der Waals surface area contributed by atoms with Crippen LogP contribution in [-0.4, -0.2) is 0 Å². The van der Waals surface area contributed by atoms with Crippen molar-refractivity contribution in [1.82, 2.24) is 0 Å². The van der Waals surface area contributed by atoms with E-state index in [0.29, 0.717) is 10.7 Å². The molecule has 1 nitrogen and oxygen atoms in total. The Kier molecular flexibility index (Phi) is 4.45. The van der Waals surface area contributed by atoms with Crippen LogP contribution in [0.3, 0.4) is 0 Å². The van der Waals surface area contributed by atoms with E-state index in [4.69, 9.17) is 11.6 Å². The SMILES string of the molecule is CC(Nc1ccc(Cl)cc1F)c1ccc(I)cc1. The fraction of sp³-hybridized carbons (Fsp3) is 0.143. The van der Waals surface area contributed by atoms with E-state index >= 15 is 0 Å². The quantitative estimate of drug-likeness (QED) is 0.722. The second-order valence-corrected chi connectivity index (χ2v) is 5.72. The Bertz CT molecular complexity index is 542. The van der Waals surface area contributed by atoms with Crippen LogP contribution >= 0.6 is 34.2 Å². The molecule has 1 atom stereocenters. The van der Waals surface area contributed by atoms with Crippen molar-refractivity contribution in [2.45, 2.75) is 13.0 Å². The summed E-state index contributed by atoms with van der Waals surface area (Å²) in [4.78, 5) is 0. The standard InChI is InChI=1S/C14H12ClFIN/c1-9(10-2-5-12(17)6-3-10)18-14-7-4-11(15)8-13(14)16/h2-9,18H,1H3. The zero-order valence-corrected chi connectivity index (χ0v) is 12.7. The summed E-state index contributed by atoms with van der Waals surface area (Å²) in [5, 5.41) is 3.54. The highest BCUT2D eigenvalue weighted by molar-refractivity contribution is 14.1. The summed E-state index contributed by atoms with van der Waals surface area (Å²) in [6.07, 6.45) is 0. The maximum atomic E-state index is 13.6. The number of nitrogens with one attached hydrogen (secondary N) is 1. The monoisotopic (exact) mass is 375 g/mol. The molecule has 2 aromatic carbocycles. The van der Waals surface area contributed by atoms with Gasteiger partial charge in [-0.25, -0.2) is 4.39 Å². The van der Waals surface area contributed by atoms with E-state index in [1.54, 1.807) is 12.1 Å². The average Bonchev–Trinajstić information content (AvgIpc) is 2.33. The van der Waals surface area contributed by atoms with E-state index in [0.717, 1.165) is 5.56 Å². The molecule has 0 aliphatic heterocycles. The Hall–Kier alpha value is -0.810. The van der Waals surface area contributed by atoms with Crippen LogP contribution < -0.4 is 5.32 Å². The molecule has 0 saturated heterocycles. The Morgan fingerprint density at radius 2 is 1.83 bits per heavy atom. The Labute approximate surface area is 124 Å². The van der Waals surface area contributed by atoms with Gasteiger partial charge in [-0.3, -0.25) is 0 Å². The molecule has 1 N–H and O–H groups in total. The molecule has 0 radical (unpaired) electrons. The van der Waals surface area contributed by atoms with Gasteiger partial charge < -0.3 is 5.32 Å². The van der Waals surface area contributed by atoms with Crippen LogP contribution in [0.15, 0.2) is 42.5 Å². The van der Waals surface area contributed by atoms with E-state index in [1.807, 2.05) is 31.2 Å². The summed E-state index contributed by atoms with van der Waals surface area (Å²) in [6.45, 7) is 2.00. The minimum atomic E-state index is -0.333. The molecular formula is C14H12ClFIN. The zero-order valence-electron chi connectivity index (χ0n) is 9.75. The summed E-state index contributed by atoms with van der Waals surface area (Å²) in [5.74, 6) is -0.333. The van der Waals surface area contributed by atoms with Crippen LogP contribution in [0.5, 0.6) is 0 Å². The van der Waals surface area contributed by atoms with Gasteiger partial charge in [0.1, 0.15) is 5.82 Å². The molecule has 0 amide bonds. The summed E-state index contributed by atoms with van der Waals surface area (Å²) in [5.41, 5.74) is 1.58. The first kappa shape index (κ1) is 13.6. The van der Waals surface area contributed by atoms with Crippen molar-refractivity contribution in [2.75, 3.05) is 5.32 Å². The average molecular weight is 376 g/mol. The van der Waals surface area contributed by atoms with Crippen LogP contribution in [0.2, 0.25) is 5.02 Å². The van der Waals surface area contributed by atoms with Crippen molar-refractivity contribution < 1.29 is 4.39 Å². The summed E-state index contributed by atoms with van der Waals surface area (Å²) < 4.78 is 14.8. The fourth-order valence-electron chi connectivity index (χ4n) is 1.67. The molecule has 18 heavy (non-hydrogen) atoms. The first-order chi connectivity index (χ1) is 8.56. The van der Waals surface area contributed by atoms with Gasteiger partial charge in [-0.05, 0) is 65.4 Å². The van der Waals surface area contributed by atoms with Gasteiger partial charge in [0.05, 0.1) is 5.69 Å². The van der Waals surface area contributed by atoms with E-state index in [-0.39, 0.29) is 11.9 Å². The van der Waals surface area contributed by atoms with Crippen molar-refractivity contribution in [3.63, 3.8) is 0 Å². The first-order valence-electron chi connectivity index (χ1n) is 5.53. The second kappa shape index (κ2) is 5.89. The molecule has 0 spiro atoms. The van der Waals surface area contributed by atoms with E-state index in [9.17, 15) is 4.39 Å². The smallest absolute Gasteiger partial charge is 0.147 e. The lowest BCUT2D eigenvalue weighted by Crippen LogP contribution is -2.07. The number of halogens is 3. The third-order valence-corrected chi connectivity index (χ3v) is 3.63. The van der Waals surface area contributed by atoms with Crippen molar-refractivity contribution in [3.8, 4) is 0 Å². The highest BCUT2D eigenvalue weighted by atomic mass is 127. The van der Waals surface area contributed by atoms with Gasteiger partial charge in [0.15, 0.2) is 0 Å². The first-order valence-corrected chi connectivity index (χ1v) is 6.99. The Morgan fingerprint density at radius 3 is 2.44 bits per heavy atom. The topological polar surface area (TPSA) is 12.0 Å². The predicted molar refractivity (Wildman–Crippen MR) is 82.6 cm³/mol. The summed E-state index contributed by atoms with van der Waals surface area (Å²) in [6, 6.07) is 12.8. The van der Waals surface area contributed by atoms with Crippen molar-refractivity contribution >= 4 is 39.9 Å². The van der Waals surface area contributed by atoms with Gasteiger partial charge in [-0.2, -0.15) is 0 Å². The minimum Gasteiger partial charge on any atom is -0.376 e. The highest BCUT2D eigenvalue weighted by Crippen LogP contribution is 2.24.